The van der Waals surface area contributed by atoms with E-state index >= 15 is 0 Å². The van der Waals surface area contributed by atoms with Gasteiger partial charge in [0, 0.05) is 51.7 Å². The summed E-state index contributed by atoms with van der Waals surface area (Å²) in [6, 6.07) is 5.52. The average molecular weight is 427 g/mol. The van der Waals surface area contributed by atoms with E-state index in [-0.39, 0.29) is 11.5 Å². The van der Waals surface area contributed by atoms with E-state index in [0.717, 1.165) is 18.4 Å². The molecule has 1 fully saturated rings. The van der Waals surface area contributed by atoms with Crippen LogP contribution in [-0.2, 0) is 22.5 Å². The molecule has 31 heavy (non-hydrogen) atoms. The number of benzene rings is 1. The Morgan fingerprint density at radius 3 is 2.58 bits per heavy atom. The highest BCUT2D eigenvalue weighted by Crippen LogP contribution is 2.25. The number of fused-ring (bicyclic) bond motifs is 1. The second kappa shape index (κ2) is 9.01. The summed E-state index contributed by atoms with van der Waals surface area (Å²) in [7, 11) is 1.48. The summed E-state index contributed by atoms with van der Waals surface area (Å²) in [6.45, 7) is 2.20. The molecule has 2 aliphatic heterocycles. The number of carbonyl (C=O) groups is 2. The first-order chi connectivity index (χ1) is 15.0. The van der Waals surface area contributed by atoms with Gasteiger partial charge in [-0.05, 0) is 60.6 Å². The minimum atomic E-state index is -0.459. The van der Waals surface area contributed by atoms with E-state index in [9.17, 15) is 18.8 Å². The van der Waals surface area contributed by atoms with E-state index in [1.54, 1.807) is 11.1 Å². The third-order valence-electron chi connectivity index (χ3n) is 6.12. The molecule has 2 aliphatic rings. The number of rotatable bonds is 4. The molecular weight excluding hydrogens is 401 g/mol. The lowest BCUT2D eigenvalue weighted by Gasteiger charge is -2.32. The Hall–Kier alpha value is -3.00. The van der Waals surface area contributed by atoms with Crippen molar-refractivity contribution in [1.29, 1.82) is 0 Å². The molecule has 2 aromatic rings. The van der Waals surface area contributed by atoms with Crippen LogP contribution in [0.25, 0.3) is 5.69 Å². The van der Waals surface area contributed by atoms with Crippen LogP contribution in [0.4, 0.5) is 4.39 Å². The van der Waals surface area contributed by atoms with Crippen molar-refractivity contribution in [2.24, 2.45) is 5.92 Å². The van der Waals surface area contributed by atoms with E-state index in [1.807, 2.05) is 0 Å². The minimum Gasteiger partial charge on any atom is -0.381 e. The quantitative estimate of drug-likeness (QED) is 0.810. The first-order valence-corrected chi connectivity index (χ1v) is 10.6. The molecule has 3 heterocycles. The number of amides is 2. The van der Waals surface area contributed by atoms with Gasteiger partial charge in [0.25, 0.3) is 11.5 Å². The van der Waals surface area contributed by atoms with Gasteiger partial charge in [-0.25, -0.2) is 4.39 Å². The van der Waals surface area contributed by atoms with Gasteiger partial charge in [-0.15, -0.1) is 0 Å². The standard InChI is InChI=1S/C23H26FN3O4/c1-25-22(29)21-19-6-9-26(20(28)12-15-7-10-31-11-8-15)13-16(19)14-27(23(21)30)18-4-2-17(24)3-5-18/h2-5,14-15H,6-13H2,1H3,(H,25,29). The average Bonchev–Trinajstić information content (AvgIpc) is 2.79. The second-order valence-corrected chi connectivity index (χ2v) is 8.06. The fourth-order valence-corrected chi connectivity index (χ4v) is 4.35. The Bertz CT molecular complexity index is 1040. The molecule has 0 aliphatic carbocycles. The lowest BCUT2D eigenvalue weighted by Crippen LogP contribution is -2.41. The summed E-state index contributed by atoms with van der Waals surface area (Å²) in [5.41, 5.74) is 1.53. The van der Waals surface area contributed by atoms with Crippen LogP contribution in [-0.4, -0.2) is 48.1 Å². The molecule has 1 saturated heterocycles. The second-order valence-electron chi connectivity index (χ2n) is 8.06. The van der Waals surface area contributed by atoms with Crippen molar-refractivity contribution in [3.8, 4) is 5.69 Å². The molecule has 164 valence electrons. The van der Waals surface area contributed by atoms with Crippen molar-refractivity contribution in [1.82, 2.24) is 14.8 Å². The van der Waals surface area contributed by atoms with Gasteiger partial charge in [-0.1, -0.05) is 0 Å². The van der Waals surface area contributed by atoms with Gasteiger partial charge in [0.15, 0.2) is 0 Å². The van der Waals surface area contributed by atoms with Crippen LogP contribution in [0.1, 0.15) is 40.7 Å². The normalized spacial score (nSPS) is 16.6. The van der Waals surface area contributed by atoms with Gasteiger partial charge in [0.1, 0.15) is 11.4 Å². The molecule has 0 spiro atoms. The molecule has 0 radical (unpaired) electrons. The molecular formula is C23H26FN3O4. The zero-order chi connectivity index (χ0) is 22.0. The molecule has 1 N–H and O–H groups in total. The van der Waals surface area contributed by atoms with Gasteiger partial charge in [0.2, 0.25) is 5.91 Å². The van der Waals surface area contributed by atoms with Crippen molar-refractivity contribution in [2.45, 2.75) is 32.2 Å². The Balaban J connectivity index is 1.67. The number of aromatic nitrogens is 1. The Morgan fingerprint density at radius 2 is 1.90 bits per heavy atom. The van der Waals surface area contributed by atoms with Crippen LogP contribution in [0.5, 0.6) is 0 Å². The van der Waals surface area contributed by atoms with Crippen molar-refractivity contribution >= 4 is 11.8 Å². The van der Waals surface area contributed by atoms with Crippen molar-refractivity contribution < 1.29 is 18.7 Å². The van der Waals surface area contributed by atoms with Gasteiger partial charge < -0.3 is 15.0 Å². The number of ether oxygens (including phenoxy) is 1. The third-order valence-corrected chi connectivity index (χ3v) is 6.12. The van der Waals surface area contributed by atoms with Crippen LogP contribution in [0.3, 0.4) is 0 Å². The molecule has 2 amide bonds. The third kappa shape index (κ3) is 4.39. The topological polar surface area (TPSA) is 80.6 Å². The molecule has 0 unspecified atom stereocenters. The molecule has 4 rings (SSSR count). The number of hydrogen-bond acceptors (Lipinski definition) is 4. The Kier molecular flexibility index (Phi) is 6.18. The monoisotopic (exact) mass is 427 g/mol. The van der Waals surface area contributed by atoms with Crippen LogP contribution >= 0.6 is 0 Å². The van der Waals surface area contributed by atoms with Crippen molar-refractivity contribution in [3.05, 3.63) is 63.3 Å². The van der Waals surface area contributed by atoms with E-state index < -0.39 is 17.3 Å². The van der Waals surface area contributed by atoms with Gasteiger partial charge >= 0.3 is 0 Å². The number of hydrogen-bond donors (Lipinski definition) is 1. The molecule has 0 saturated carbocycles. The SMILES string of the molecule is CNC(=O)c1c2c(cn(-c3ccc(F)cc3)c1=O)CN(C(=O)CC1CCOCC1)CC2. The number of pyridine rings is 1. The first kappa shape index (κ1) is 21.2. The van der Waals surface area contributed by atoms with Crippen molar-refractivity contribution in [2.75, 3.05) is 26.8 Å². The smallest absolute Gasteiger partial charge is 0.268 e. The van der Waals surface area contributed by atoms with E-state index in [4.69, 9.17) is 4.74 Å². The summed E-state index contributed by atoms with van der Waals surface area (Å²) in [6.07, 6.45) is 4.38. The summed E-state index contributed by atoms with van der Waals surface area (Å²) in [5.74, 6) is -0.457. The highest BCUT2D eigenvalue weighted by Gasteiger charge is 2.29. The van der Waals surface area contributed by atoms with E-state index in [0.29, 0.717) is 56.3 Å². The fourth-order valence-electron chi connectivity index (χ4n) is 4.35. The van der Waals surface area contributed by atoms with Gasteiger partial charge in [0.05, 0.1) is 0 Å². The predicted molar refractivity (Wildman–Crippen MR) is 113 cm³/mol. The summed E-state index contributed by atoms with van der Waals surface area (Å²) >= 11 is 0. The zero-order valence-electron chi connectivity index (χ0n) is 17.5. The molecule has 1 aromatic heterocycles. The predicted octanol–water partition coefficient (Wildman–Crippen LogP) is 2.04. The lowest BCUT2D eigenvalue weighted by atomic mass is 9.93. The molecule has 0 bridgehead atoms. The fraction of sp³-hybridized carbons (Fsp3) is 0.435. The summed E-state index contributed by atoms with van der Waals surface area (Å²) < 4.78 is 20.1. The van der Waals surface area contributed by atoms with Crippen LogP contribution in [0.15, 0.2) is 35.3 Å². The van der Waals surface area contributed by atoms with Gasteiger partial charge in [-0.2, -0.15) is 0 Å². The highest BCUT2D eigenvalue weighted by molar-refractivity contribution is 5.95. The molecule has 8 heteroatoms. The zero-order valence-corrected chi connectivity index (χ0v) is 17.5. The Labute approximate surface area is 179 Å². The number of carbonyl (C=O) groups excluding carboxylic acids is 2. The first-order valence-electron chi connectivity index (χ1n) is 10.6. The molecule has 0 atom stereocenters. The van der Waals surface area contributed by atoms with Crippen molar-refractivity contribution in [3.63, 3.8) is 0 Å². The maximum absolute atomic E-state index is 13.4. The van der Waals surface area contributed by atoms with Gasteiger partial charge in [-0.3, -0.25) is 19.0 Å². The highest BCUT2D eigenvalue weighted by atomic mass is 19.1. The maximum Gasteiger partial charge on any atom is 0.268 e. The molecule has 1 aromatic carbocycles. The lowest BCUT2D eigenvalue weighted by molar-refractivity contribution is -0.133. The maximum atomic E-state index is 13.4. The largest absolute Gasteiger partial charge is 0.381 e. The van der Waals surface area contributed by atoms with Crippen LogP contribution in [0, 0.1) is 11.7 Å². The Morgan fingerprint density at radius 1 is 1.19 bits per heavy atom. The van der Waals surface area contributed by atoms with Crippen LogP contribution in [0.2, 0.25) is 0 Å². The summed E-state index contributed by atoms with van der Waals surface area (Å²) in [5, 5.41) is 2.54. The summed E-state index contributed by atoms with van der Waals surface area (Å²) in [4.78, 5) is 40.4. The minimum absolute atomic E-state index is 0.0820. The molecule has 7 nitrogen and oxygen atoms in total. The van der Waals surface area contributed by atoms with E-state index in [2.05, 4.69) is 5.32 Å². The number of halogens is 1. The number of nitrogens with one attached hydrogen (secondary N) is 1. The van der Waals surface area contributed by atoms with Crippen LogP contribution < -0.4 is 10.9 Å². The van der Waals surface area contributed by atoms with E-state index in [1.165, 1.54) is 35.9 Å². The number of nitrogens with zero attached hydrogens (tertiary/aromatic N) is 2.